The number of aliphatic hydroxyl groups excluding tert-OH is 3. The normalized spacial score (nSPS) is 14.0. The number of aryl methyl sites for hydroxylation is 2. The molecule has 1 aromatic heterocycles. The molecule has 0 saturated heterocycles. The standard InChI is InChI=1S/C21H26N2O8/c1-5-6-30-21(29)18-20(28)23(15-8-12(3)11(2)7-14(15)22-18)9-16(25)19(27)17(26)10-31-13(4)24/h5,7-8,16-17,19,25-27H,1,6,9-10H2,2-4H3/t16-,17+,19-/m0/s1. The van der Waals surface area contributed by atoms with E-state index in [4.69, 9.17) is 4.74 Å². The molecule has 1 heterocycles. The molecule has 0 aliphatic rings. The third-order valence-corrected chi connectivity index (χ3v) is 4.70. The van der Waals surface area contributed by atoms with Crippen LogP contribution in [0.15, 0.2) is 29.6 Å². The Labute approximate surface area is 178 Å². The van der Waals surface area contributed by atoms with Crippen LogP contribution in [0.3, 0.4) is 0 Å². The van der Waals surface area contributed by atoms with Crippen LogP contribution in [0.2, 0.25) is 0 Å². The Morgan fingerprint density at radius 3 is 2.42 bits per heavy atom. The van der Waals surface area contributed by atoms with E-state index in [0.717, 1.165) is 22.6 Å². The summed E-state index contributed by atoms with van der Waals surface area (Å²) in [5.41, 5.74) is 1.04. The Kier molecular flexibility index (Phi) is 8.03. The number of esters is 2. The summed E-state index contributed by atoms with van der Waals surface area (Å²) in [6, 6.07) is 3.36. The van der Waals surface area contributed by atoms with Gasteiger partial charge in [-0.25, -0.2) is 9.78 Å². The maximum Gasteiger partial charge on any atom is 0.363 e. The molecule has 10 heteroatoms. The Morgan fingerprint density at radius 1 is 1.16 bits per heavy atom. The molecule has 0 saturated carbocycles. The van der Waals surface area contributed by atoms with Crippen molar-refractivity contribution >= 4 is 23.0 Å². The first kappa shape index (κ1) is 24.2. The molecule has 0 bridgehead atoms. The lowest BCUT2D eigenvalue weighted by Gasteiger charge is -2.24. The maximum absolute atomic E-state index is 13.0. The summed E-state index contributed by atoms with van der Waals surface area (Å²) in [5, 5.41) is 30.6. The van der Waals surface area contributed by atoms with E-state index >= 15 is 0 Å². The molecular weight excluding hydrogens is 408 g/mol. The molecule has 2 aromatic rings. The summed E-state index contributed by atoms with van der Waals surface area (Å²) in [6.45, 7) is 7.13. The predicted octanol–water partition coefficient (Wildman–Crippen LogP) is 0.00194. The molecule has 0 radical (unpaired) electrons. The minimum absolute atomic E-state index is 0.116. The number of fused-ring (bicyclic) bond motifs is 1. The van der Waals surface area contributed by atoms with E-state index < -0.39 is 54.7 Å². The molecule has 0 fully saturated rings. The second-order valence-electron chi connectivity index (χ2n) is 7.12. The van der Waals surface area contributed by atoms with Crippen molar-refractivity contribution in [1.29, 1.82) is 0 Å². The van der Waals surface area contributed by atoms with Crippen LogP contribution >= 0.6 is 0 Å². The highest BCUT2D eigenvalue weighted by Gasteiger charge is 2.28. The first-order valence-electron chi connectivity index (χ1n) is 9.54. The van der Waals surface area contributed by atoms with Crippen molar-refractivity contribution in [3.8, 4) is 0 Å². The Hall–Kier alpha value is -3.08. The van der Waals surface area contributed by atoms with E-state index in [1.807, 2.05) is 13.8 Å². The van der Waals surface area contributed by atoms with Gasteiger partial charge in [0.05, 0.1) is 17.6 Å². The fourth-order valence-electron chi connectivity index (χ4n) is 2.87. The summed E-state index contributed by atoms with van der Waals surface area (Å²) in [7, 11) is 0. The number of carbonyl (C=O) groups is 2. The zero-order valence-corrected chi connectivity index (χ0v) is 17.6. The average molecular weight is 434 g/mol. The van der Waals surface area contributed by atoms with Crippen molar-refractivity contribution in [2.75, 3.05) is 13.2 Å². The van der Waals surface area contributed by atoms with Gasteiger partial charge in [0.2, 0.25) is 5.69 Å². The number of ether oxygens (including phenoxy) is 2. The van der Waals surface area contributed by atoms with Crippen molar-refractivity contribution in [2.45, 2.75) is 45.6 Å². The van der Waals surface area contributed by atoms with Crippen molar-refractivity contribution in [2.24, 2.45) is 0 Å². The Balaban J connectivity index is 2.48. The predicted molar refractivity (Wildman–Crippen MR) is 111 cm³/mol. The highest BCUT2D eigenvalue weighted by atomic mass is 16.5. The summed E-state index contributed by atoms with van der Waals surface area (Å²) in [5.74, 6) is -1.62. The average Bonchev–Trinajstić information content (AvgIpc) is 2.72. The second kappa shape index (κ2) is 10.3. The largest absolute Gasteiger partial charge is 0.463 e. The molecule has 0 unspecified atom stereocenters. The molecular formula is C21H26N2O8. The molecule has 1 aromatic carbocycles. The van der Waals surface area contributed by atoms with Crippen LogP contribution in [0.4, 0.5) is 0 Å². The number of carbonyl (C=O) groups excluding carboxylic acids is 2. The second-order valence-corrected chi connectivity index (χ2v) is 7.12. The summed E-state index contributed by atoms with van der Waals surface area (Å²) >= 11 is 0. The van der Waals surface area contributed by atoms with Gasteiger partial charge in [-0.2, -0.15) is 0 Å². The topological polar surface area (TPSA) is 148 Å². The minimum atomic E-state index is -1.72. The third-order valence-electron chi connectivity index (χ3n) is 4.70. The highest BCUT2D eigenvalue weighted by molar-refractivity contribution is 5.90. The van der Waals surface area contributed by atoms with Crippen LogP contribution in [0.1, 0.15) is 28.5 Å². The van der Waals surface area contributed by atoms with E-state index in [2.05, 4.69) is 16.3 Å². The van der Waals surface area contributed by atoms with Gasteiger partial charge < -0.3 is 29.4 Å². The zero-order chi connectivity index (χ0) is 23.3. The van der Waals surface area contributed by atoms with Gasteiger partial charge in [0.25, 0.3) is 5.56 Å². The van der Waals surface area contributed by atoms with E-state index in [1.165, 1.54) is 6.08 Å². The lowest BCUT2D eigenvalue weighted by atomic mass is 10.1. The number of benzene rings is 1. The minimum Gasteiger partial charge on any atom is -0.463 e. The van der Waals surface area contributed by atoms with E-state index in [1.54, 1.807) is 12.1 Å². The van der Waals surface area contributed by atoms with Gasteiger partial charge in [0, 0.05) is 6.92 Å². The van der Waals surface area contributed by atoms with Crippen molar-refractivity contribution in [3.63, 3.8) is 0 Å². The van der Waals surface area contributed by atoms with Gasteiger partial charge in [0.1, 0.15) is 31.5 Å². The summed E-state index contributed by atoms with van der Waals surface area (Å²) < 4.78 is 10.6. The molecule has 0 aliphatic carbocycles. The van der Waals surface area contributed by atoms with Crippen molar-refractivity contribution in [1.82, 2.24) is 9.55 Å². The SMILES string of the molecule is C=CCOC(=O)c1nc2cc(C)c(C)cc2n(C[C@H](O)[C@H](O)[C@H](O)COC(C)=O)c1=O. The van der Waals surface area contributed by atoms with Gasteiger partial charge in [-0.15, -0.1) is 0 Å². The molecule has 3 N–H and O–H groups in total. The smallest absolute Gasteiger partial charge is 0.363 e. The van der Waals surface area contributed by atoms with Gasteiger partial charge in [-0.1, -0.05) is 12.7 Å². The van der Waals surface area contributed by atoms with Crippen molar-refractivity contribution < 1.29 is 34.4 Å². The monoisotopic (exact) mass is 434 g/mol. The number of rotatable bonds is 9. The fourth-order valence-corrected chi connectivity index (χ4v) is 2.87. The Morgan fingerprint density at radius 2 is 1.81 bits per heavy atom. The molecule has 0 spiro atoms. The van der Waals surface area contributed by atoms with Gasteiger partial charge in [-0.05, 0) is 37.1 Å². The number of hydrogen-bond donors (Lipinski definition) is 3. The Bertz CT molecular complexity index is 1050. The summed E-state index contributed by atoms with van der Waals surface area (Å²) in [6.07, 6.45) is -3.58. The van der Waals surface area contributed by atoms with Crippen molar-refractivity contribution in [3.05, 3.63) is 52.0 Å². The lowest BCUT2D eigenvalue weighted by molar-refractivity contribution is -0.149. The van der Waals surface area contributed by atoms with Crippen LogP contribution in [0, 0.1) is 13.8 Å². The molecule has 10 nitrogen and oxygen atoms in total. The van der Waals surface area contributed by atoms with E-state index in [9.17, 15) is 29.7 Å². The first-order chi connectivity index (χ1) is 14.6. The van der Waals surface area contributed by atoms with Gasteiger partial charge in [0.15, 0.2) is 0 Å². The molecule has 168 valence electrons. The quantitative estimate of drug-likeness (QED) is 0.366. The highest BCUT2D eigenvalue weighted by Crippen LogP contribution is 2.18. The summed E-state index contributed by atoms with van der Waals surface area (Å²) in [4.78, 5) is 40.3. The van der Waals surface area contributed by atoms with Gasteiger partial charge in [-0.3, -0.25) is 9.59 Å². The van der Waals surface area contributed by atoms with E-state index in [-0.39, 0.29) is 6.61 Å². The van der Waals surface area contributed by atoms with Crippen LogP contribution in [-0.2, 0) is 20.8 Å². The first-order valence-corrected chi connectivity index (χ1v) is 9.54. The van der Waals surface area contributed by atoms with E-state index in [0.29, 0.717) is 11.0 Å². The third kappa shape index (κ3) is 5.75. The molecule has 31 heavy (non-hydrogen) atoms. The molecule has 3 atom stereocenters. The van der Waals surface area contributed by atoms with Crippen LogP contribution in [0.5, 0.6) is 0 Å². The van der Waals surface area contributed by atoms with Crippen LogP contribution < -0.4 is 5.56 Å². The number of nitrogens with zero attached hydrogens (tertiary/aromatic N) is 2. The van der Waals surface area contributed by atoms with Crippen LogP contribution in [0.25, 0.3) is 11.0 Å². The number of aromatic nitrogens is 2. The number of hydrogen-bond acceptors (Lipinski definition) is 9. The maximum atomic E-state index is 13.0. The molecule has 2 rings (SSSR count). The van der Waals surface area contributed by atoms with Crippen LogP contribution in [-0.4, -0.2) is 68.3 Å². The number of aliphatic hydroxyl groups is 3. The van der Waals surface area contributed by atoms with Gasteiger partial charge >= 0.3 is 11.9 Å². The molecule has 0 aliphatic heterocycles. The molecule has 0 amide bonds. The fraction of sp³-hybridized carbons (Fsp3) is 0.429. The lowest BCUT2D eigenvalue weighted by Crippen LogP contribution is -2.44. The zero-order valence-electron chi connectivity index (χ0n) is 17.6.